The van der Waals surface area contributed by atoms with Gasteiger partial charge >= 0.3 is 11.9 Å². The van der Waals surface area contributed by atoms with Crippen LogP contribution in [0.5, 0.6) is 0 Å². The summed E-state index contributed by atoms with van der Waals surface area (Å²) in [4.78, 5) is 24.0. The Morgan fingerprint density at radius 2 is 1.79 bits per heavy atom. The van der Waals surface area contributed by atoms with Crippen LogP contribution in [0.4, 0.5) is 0 Å². The zero-order valence-electron chi connectivity index (χ0n) is 14.2. The van der Waals surface area contributed by atoms with Gasteiger partial charge in [-0.1, -0.05) is 44.7 Å². The molecule has 0 aromatic heterocycles. The van der Waals surface area contributed by atoms with Crippen LogP contribution in [-0.4, -0.2) is 35.4 Å². The number of hydrogen-bond acceptors (Lipinski definition) is 5. The van der Waals surface area contributed by atoms with E-state index in [2.05, 4.69) is 19.7 Å². The zero-order chi connectivity index (χ0) is 17.8. The van der Waals surface area contributed by atoms with Crippen molar-refractivity contribution in [1.29, 1.82) is 0 Å². The molecule has 3 aliphatic rings. The summed E-state index contributed by atoms with van der Waals surface area (Å²) in [7, 11) is 0. The highest BCUT2D eigenvalue weighted by atomic mass is 16.6. The van der Waals surface area contributed by atoms with Gasteiger partial charge in [0.1, 0.15) is 12.2 Å². The molecule has 0 spiro atoms. The number of ether oxygens (including phenoxy) is 2. The molecule has 1 heterocycles. The Labute approximate surface area is 142 Å². The summed E-state index contributed by atoms with van der Waals surface area (Å²) in [5.41, 5.74) is 1.98. The largest absolute Gasteiger partial charge is 0.461 e. The molecule has 0 aromatic rings. The maximum Gasteiger partial charge on any atom is 0.334 e. The minimum Gasteiger partial charge on any atom is -0.461 e. The minimum absolute atomic E-state index is 0.191. The third-order valence-electron chi connectivity index (χ3n) is 5.43. The Balaban J connectivity index is 1.94. The smallest absolute Gasteiger partial charge is 0.334 e. The molecule has 6 unspecified atom stereocenters. The average Bonchev–Trinajstić information content (AvgIpc) is 2.92. The first-order chi connectivity index (χ1) is 11.2. The molecule has 1 saturated heterocycles. The van der Waals surface area contributed by atoms with Crippen molar-refractivity contribution in [2.45, 2.75) is 45.0 Å². The number of rotatable bonds is 2. The molecule has 1 N–H and O–H groups in total. The normalized spacial score (nSPS) is 38.7. The van der Waals surface area contributed by atoms with Crippen LogP contribution in [0.2, 0.25) is 0 Å². The molecule has 24 heavy (non-hydrogen) atoms. The maximum absolute atomic E-state index is 12.0. The fourth-order valence-electron chi connectivity index (χ4n) is 4.25. The molecule has 130 valence electrons. The summed E-state index contributed by atoms with van der Waals surface area (Å²) in [6.07, 6.45) is -0.804. The van der Waals surface area contributed by atoms with E-state index in [0.717, 1.165) is 11.1 Å². The Morgan fingerprint density at radius 3 is 2.42 bits per heavy atom. The van der Waals surface area contributed by atoms with Gasteiger partial charge in [-0.2, -0.15) is 0 Å². The Morgan fingerprint density at radius 1 is 1.17 bits per heavy atom. The molecule has 3 rings (SSSR count). The van der Waals surface area contributed by atoms with E-state index in [4.69, 9.17) is 9.47 Å². The standard InChI is InChI=1S/C19H24O5/c1-8(2)18(21)23-13-7-10(4)15-14(13)9(3)6-12(20)16-11(5)19(22)24-17(15)16/h8,12-17,20H,3-7H2,1-2H3. The first-order valence-electron chi connectivity index (χ1n) is 8.36. The van der Waals surface area contributed by atoms with Gasteiger partial charge in [0.2, 0.25) is 0 Å². The minimum atomic E-state index is -0.777. The first-order valence-corrected chi connectivity index (χ1v) is 8.36. The van der Waals surface area contributed by atoms with Gasteiger partial charge in [-0.05, 0) is 6.42 Å². The summed E-state index contributed by atoms with van der Waals surface area (Å²) < 4.78 is 11.2. The van der Waals surface area contributed by atoms with Crippen LogP contribution >= 0.6 is 0 Å². The number of aliphatic hydroxyl groups is 1. The number of carbonyl (C=O) groups excluding carboxylic acids is 2. The van der Waals surface area contributed by atoms with E-state index in [1.165, 1.54) is 0 Å². The summed E-state index contributed by atoms with van der Waals surface area (Å²) >= 11 is 0. The molecule has 5 heteroatoms. The predicted octanol–water partition coefficient (Wildman–Crippen LogP) is 2.17. The van der Waals surface area contributed by atoms with Crippen molar-refractivity contribution < 1.29 is 24.2 Å². The number of aliphatic hydroxyl groups excluding tert-OH is 1. The summed E-state index contributed by atoms with van der Waals surface area (Å²) in [6.45, 7) is 15.6. The Kier molecular flexibility index (Phi) is 4.16. The van der Waals surface area contributed by atoms with E-state index in [1.54, 1.807) is 13.8 Å². The van der Waals surface area contributed by atoms with Gasteiger partial charge in [-0.15, -0.1) is 0 Å². The molecule has 0 amide bonds. The van der Waals surface area contributed by atoms with Gasteiger partial charge in [0.25, 0.3) is 0 Å². The molecular weight excluding hydrogens is 308 g/mol. The summed E-state index contributed by atoms with van der Waals surface area (Å²) in [5, 5.41) is 10.5. The van der Waals surface area contributed by atoms with Crippen molar-refractivity contribution in [2.24, 2.45) is 23.7 Å². The Bertz CT molecular complexity index is 632. The number of hydrogen-bond donors (Lipinski definition) is 1. The lowest BCUT2D eigenvalue weighted by atomic mass is 9.81. The van der Waals surface area contributed by atoms with Gasteiger partial charge in [0.15, 0.2) is 0 Å². The van der Waals surface area contributed by atoms with Crippen LogP contribution in [0.1, 0.15) is 26.7 Å². The highest BCUT2D eigenvalue weighted by molar-refractivity contribution is 5.91. The van der Waals surface area contributed by atoms with Crippen LogP contribution < -0.4 is 0 Å². The number of esters is 2. The second-order valence-corrected chi connectivity index (χ2v) is 7.39. The molecule has 2 saturated carbocycles. The molecule has 0 bridgehead atoms. The van der Waals surface area contributed by atoms with Gasteiger partial charge in [-0.3, -0.25) is 4.79 Å². The third kappa shape index (κ3) is 2.51. The molecule has 3 fully saturated rings. The van der Waals surface area contributed by atoms with Crippen LogP contribution in [-0.2, 0) is 19.1 Å². The molecular formula is C19H24O5. The second kappa shape index (κ2) is 5.88. The van der Waals surface area contributed by atoms with E-state index in [1.807, 2.05) is 0 Å². The van der Waals surface area contributed by atoms with E-state index < -0.39 is 24.1 Å². The molecule has 6 atom stereocenters. The quantitative estimate of drug-likeness (QED) is 0.477. The monoisotopic (exact) mass is 332 g/mol. The molecule has 5 nitrogen and oxygen atoms in total. The fraction of sp³-hybridized carbons (Fsp3) is 0.579. The zero-order valence-corrected chi connectivity index (χ0v) is 14.2. The lowest BCUT2D eigenvalue weighted by Gasteiger charge is -2.28. The predicted molar refractivity (Wildman–Crippen MR) is 87.7 cm³/mol. The van der Waals surface area contributed by atoms with Crippen LogP contribution in [0.3, 0.4) is 0 Å². The van der Waals surface area contributed by atoms with Crippen molar-refractivity contribution in [3.05, 3.63) is 36.5 Å². The summed E-state index contributed by atoms with van der Waals surface area (Å²) in [5.74, 6) is -1.81. The van der Waals surface area contributed by atoms with Gasteiger partial charge in [-0.25, -0.2) is 4.79 Å². The highest BCUT2D eigenvalue weighted by Crippen LogP contribution is 2.52. The van der Waals surface area contributed by atoms with E-state index in [9.17, 15) is 14.7 Å². The summed E-state index contributed by atoms with van der Waals surface area (Å²) in [6, 6.07) is 0. The SMILES string of the molecule is C=C1C(=O)OC2C1C(O)CC(=C)C1C(OC(=O)C(C)C)CC(=C)C21. The van der Waals surface area contributed by atoms with E-state index >= 15 is 0 Å². The Hall–Kier alpha value is -1.88. The van der Waals surface area contributed by atoms with Crippen molar-refractivity contribution in [3.8, 4) is 0 Å². The average molecular weight is 332 g/mol. The highest BCUT2D eigenvalue weighted by Gasteiger charge is 2.57. The lowest BCUT2D eigenvalue weighted by Crippen LogP contribution is -2.35. The third-order valence-corrected chi connectivity index (χ3v) is 5.43. The number of fused-ring (bicyclic) bond motifs is 3. The van der Waals surface area contributed by atoms with Crippen molar-refractivity contribution in [2.75, 3.05) is 0 Å². The molecule has 0 aromatic carbocycles. The van der Waals surface area contributed by atoms with Crippen LogP contribution in [0.25, 0.3) is 0 Å². The van der Waals surface area contributed by atoms with Gasteiger partial charge in [0, 0.05) is 23.8 Å². The maximum atomic E-state index is 12.0. The van der Waals surface area contributed by atoms with Gasteiger partial charge in [0.05, 0.1) is 17.9 Å². The first kappa shape index (κ1) is 17.0. The fourth-order valence-corrected chi connectivity index (χ4v) is 4.25. The van der Waals surface area contributed by atoms with E-state index in [0.29, 0.717) is 18.4 Å². The number of carbonyl (C=O) groups is 2. The molecule has 2 aliphatic carbocycles. The second-order valence-electron chi connectivity index (χ2n) is 7.39. The van der Waals surface area contributed by atoms with Crippen molar-refractivity contribution >= 4 is 11.9 Å². The van der Waals surface area contributed by atoms with Crippen molar-refractivity contribution in [3.63, 3.8) is 0 Å². The topological polar surface area (TPSA) is 72.8 Å². The van der Waals surface area contributed by atoms with Gasteiger partial charge < -0.3 is 14.6 Å². The van der Waals surface area contributed by atoms with Crippen molar-refractivity contribution in [1.82, 2.24) is 0 Å². The molecule has 1 aliphatic heterocycles. The van der Waals surface area contributed by atoms with Crippen LogP contribution in [0.15, 0.2) is 36.5 Å². The lowest BCUT2D eigenvalue weighted by molar-refractivity contribution is -0.155. The van der Waals surface area contributed by atoms with E-state index in [-0.39, 0.29) is 29.8 Å². The molecule has 0 radical (unpaired) electrons. The van der Waals surface area contributed by atoms with Crippen LogP contribution in [0, 0.1) is 23.7 Å².